The number of amides is 7. The summed E-state index contributed by atoms with van der Waals surface area (Å²) in [5.41, 5.74) is 14.4. The van der Waals surface area contributed by atoms with E-state index in [1.807, 2.05) is 192 Å². The summed E-state index contributed by atoms with van der Waals surface area (Å²) in [6, 6.07) is 74.6. The first-order valence-electron chi connectivity index (χ1n) is 51.9. The number of carbonyl (C=O) groups is 7. The van der Waals surface area contributed by atoms with E-state index in [0.717, 1.165) is 91.3 Å². The number of phenols is 2. The zero-order chi connectivity index (χ0) is 107. The van der Waals surface area contributed by atoms with Gasteiger partial charge in [0.15, 0.2) is 17.1 Å². The highest BCUT2D eigenvalue weighted by molar-refractivity contribution is 5.95. The van der Waals surface area contributed by atoms with E-state index in [1.165, 1.54) is 76.6 Å². The van der Waals surface area contributed by atoms with E-state index in [1.54, 1.807) is 32.2 Å². The van der Waals surface area contributed by atoms with Crippen LogP contribution in [0.5, 0.6) is 11.5 Å². The summed E-state index contributed by atoms with van der Waals surface area (Å²) in [6.07, 6.45) is 10.2. The summed E-state index contributed by atoms with van der Waals surface area (Å²) in [5, 5.41) is 39.7. The van der Waals surface area contributed by atoms with Crippen LogP contribution in [-0.2, 0) is 83.2 Å². The molecule has 10 aromatic carbocycles. The van der Waals surface area contributed by atoms with Crippen LogP contribution in [0.1, 0.15) is 174 Å². The van der Waals surface area contributed by atoms with Crippen LogP contribution in [0.2, 0.25) is 0 Å². The minimum atomic E-state index is -0.620. The summed E-state index contributed by atoms with van der Waals surface area (Å²) >= 11 is 0. The Morgan fingerprint density at radius 1 is 0.399 bits per heavy atom. The van der Waals surface area contributed by atoms with E-state index in [0.29, 0.717) is 80.8 Å². The van der Waals surface area contributed by atoms with Gasteiger partial charge in [-0.2, -0.15) is 0 Å². The van der Waals surface area contributed by atoms with E-state index >= 15 is 0 Å². The maximum atomic E-state index is 14.4. The molecule has 11 aromatic rings. The van der Waals surface area contributed by atoms with Crippen LogP contribution in [0.15, 0.2) is 246 Å². The molecule has 17 rings (SSSR count). The first-order valence-corrected chi connectivity index (χ1v) is 51.9. The fourth-order valence-corrected chi connectivity index (χ4v) is 20.6. The number of H-pyrrole nitrogens is 1. The van der Waals surface area contributed by atoms with Crippen molar-refractivity contribution in [3.8, 4) is 11.5 Å². The third-order valence-electron chi connectivity index (χ3n) is 31.9. The average Bonchev–Trinajstić information content (AvgIpc) is 1.60. The maximum absolute atomic E-state index is 14.4. The third-order valence-corrected chi connectivity index (χ3v) is 31.9. The highest BCUT2D eigenvalue weighted by Gasteiger charge is 2.59. The Morgan fingerprint density at radius 3 is 1.09 bits per heavy atom. The van der Waals surface area contributed by atoms with Crippen LogP contribution in [0.3, 0.4) is 0 Å². The molecule has 1 heterocycles. The number of phenolic OH excluding ortho intramolecular Hbond substituents is 2. The van der Waals surface area contributed by atoms with Gasteiger partial charge in [-0.3, -0.25) is 38.5 Å². The first kappa shape index (κ1) is 112. The molecule has 1 aromatic heterocycles. The Labute approximate surface area is 871 Å². The zero-order valence-electron chi connectivity index (χ0n) is 89.2. The van der Waals surface area contributed by atoms with Crippen molar-refractivity contribution in [3.05, 3.63) is 342 Å². The summed E-state index contributed by atoms with van der Waals surface area (Å²) in [6.45, 7) is 20.8. The lowest BCUT2D eigenvalue weighted by Crippen LogP contribution is -2.44. The van der Waals surface area contributed by atoms with Gasteiger partial charge >= 0.3 is 5.76 Å². The van der Waals surface area contributed by atoms with E-state index in [9.17, 15) is 61.7 Å². The van der Waals surface area contributed by atoms with E-state index in [4.69, 9.17) is 4.42 Å². The highest BCUT2D eigenvalue weighted by atomic mass is 19.1. The van der Waals surface area contributed by atoms with Gasteiger partial charge in [0.25, 0.3) is 11.8 Å². The van der Waals surface area contributed by atoms with E-state index in [-0.39, 0.29) is 139 Å². The van der Waals surface area contributed by atoms with Crippen molar-refractivity contribution < 1.29 is 61.4 Å². The smallest absolute Gasteiger partial charge is 0.417 e. The quantitative estimate of drug-likeness (QED) is 0.0171. The molecular weight excluding hydrogens is 1870 g/mol. The molecule has 6 aliphatic carbocycles. The number of likely N-dealkylation sites (N-methyl/N-ethyl adjacent to an activating group) is 5. The van der Waals surface area contributed by atoms with Gasteiger partial charge in [-0.15, -0.1) is 0 Å². The van der Waals surface area contributed by atoms with Crippen LogP contribution in [0, 0.1) is 66.8 Å². The van der Waals surface area contributed by atoms with Gasteiger partial charge in [0.1, 0.15) is 17.4 Å². The number of nitrogens with one attached hydrogen (secondary N) is 8. The van der Waals surface area contributed by atoms with Gasteiger partial charge in [0.05, 0.1) is 11.1 Å². The van der Waals surface area contributed by atoms with Crippen LogP contribution in [0.4, 0.5) is 13.2 Å². The predicted octanol–water partition coefficient (Wildman–Crippen LogP) is 16.0. The van der Waals surface area contributed by atoms with Crippen LogP contribution >= 0.6 is 0 Å². The lowest BCUT2D eigenvalue weighted by Gasteiger charge is -2.29. The molecule has 24 nitrogen and oxygen atoms in total. The van der Waals surface area contributed by atoms with E-state index in [2.05, 4.69) is 168 Å². The molecule has 10 N–H and O–H groups in total. The summed E-state index contributed by atoms with van der Waals surface area (Å²) in [4.78, 5) is 113. The highest BCUT2D eigenvalue weighted by Crippen LogP contribution is 2.58. The first-order chi connectivity index (χ1) is 70.5. The molecule has 0 spiro atoms. The second-order valence-corrected chi connectivity index (χ2v) is 43.7. The number of hydrogen-bond donors (Lipinski definition) is 10. The van der Waals surface area contributed by atoms with Crippen molar-refractivity contribution in [3.63, 3.8) is 0 Å². The molecule has 0 unspecified atom stereocenters. The number of halogens is 3. The van der Waals surface area contributed by atoms with Crippen molar-refractivity contribution >= 4 is 52.4 Å². The summed E-state index contributed by atoms with van der Waals surface area (Å²) in [5.74, 6) is -1.64. The Hall–Kier alpha value is -13.1. The molecule has 0 bridgehead atoms. The number of aryl methyl sites for hydroxylation is 2. The minimum Gasteiger partial charge on any atom is -0.508 e. The molecule has 6 fully saturated rings. The number of aromatic nitrogens is 1. The number of fused-ring (bicyclic) bond motifs is 1. The zero-order valence-corrected chi connectivity index (χ0v) is 89.2. The number of aromatic hydroxyl groups is 2. The second-order valence-electron chi connectivity index (χ2n) is 43.7. The number of carbonyl (C=O) groups excluding carboxylic acids is 7. The van der Waals surface area contributed by atoms with E-state index < -0.39 is 29.1 Å². The lowest BCUT2D eigenvalue weighted by atomic mass is 9.93. The van der Waals surface area contributed by atoms with Crippen LogP contribution in [0.25, 0.3) is 11.1 Å². The molecule has 0 radical (unpaired) electrons. The summed E-state index contributed by atoms with van der Waals surface area (Å²) in [7, 11) is 19.5. The SMILES string of the molecule is CCNC(=O)c1ccc(C[C@@H](CNC(=O)[C@@H]2C[C@]2(C)c2ccccc2)N(C)C)cc1F.CN(C)[C@H](CNC(=O)[C@@H]1C[C@]1(C)c1ccccc1)Cc1ccc(O)c(F)c1.CN(C)[C@H](CNC(=O)[C@@H]1C[C@]1(C)c1ccccc1)Cc1ccc(O)cc1F.CN(CC1CC1)[C@H](CNC(=O)[C@@H]1C[C@]1(C)c1ccccc1)Cc1ccc2[nH]c(=O)oc2c1.CNC(=O)c1cc(C)c(C[C@@H](CNC(=O)[C@@H]2C[C@]2(C)c2ccccc2)N(C)C)c(C)c1. The van der Waals surface area contributed by atoms with Gasteiger partial charge in [-0.1, -0.05) is 211 Å². The Kier molecular flexibility index (Phi) is 37.4. The normalized spacial score (nSPS) is 22.0. The van der Waals surface area contributed by atoms with Crippen molar-refractivity contribution in [2.45, 2.75) is 190 Å². The van der Waals surface area contributed by atoms with Crippen LogP contribution in [-0.4, -0.2) is 228 Å². The molecule has 15 atom stereocenters. The predicted molar refractivity (Wildman–Crippen MR) is 579 cm³/mol. The number of nitrogens with zero attached hydrogens (tertiary/aromatic N) is 5. The maximum Gasteiger partial charge on any atom is 0.417 e. The third kappa shape index (κ3) is 28.9. The second kappa shape index (κ2) is 49.4. The van der Waals surface area contributed by atoms with Gasteiger partial charge in [-0.25, -0.2) is 18.0 Å². The minimum absolute atomic E-state index is 0.00571. The van der Waals surface area contributed by atoms with Crippen molar-refractivity contribution in [2.24, 2.45) is 35.5 Å². The van der Waals surface area contributed by atoms with Gasteiger partial charge in [0.2, 0.25) is 29.5 Å². The Bertz CT molecular complexity index is 6430. The lowest BCUT2D eigenvalue weighted by molar-refractivity contribution is -0.123. The molecule has 0 saturated heterocycles. The topological polar surface area (TPSA) is 306 Å². The Balaban J connectivity index is 0.000000155. The summed E-state index contributed by atoms with van der Waals surface area (Å²) < 4.78 is 47.2. The molecule has 148 heavy (non-hydrogen) atoms. The average molecular weight is 2020 g/mol. The number of hydrogen-bond acceptors (Lipinski definition) is 16. The molecule has 6 saturated carbocycles. The Morgan fingerprint density at radius 2 is 0.743 bits per heavy atom. The van der Waals surface area contributed by atoms with Crippen molar-refractivity contribution in [1.82, 2.24) is 66.7 Å². The molecular formula is C121H152F3N13O11. The fraction of sp³-hybridized carbons (Fsp3) is 0.438. The van der Waals surface area contributed by atoms with Gasteiger partial charge in [-0.05, 0) is 289 Å². The molecule has 7 amide bonds. The molecule has 0 aliphatic heterocycles. The number of aromatic amines is 1. The largest absolute Gasteiger partial charge is 0.508 e. The number of benzene rings is 10. The van der Waals surface area contributed by atoms with Crippen LogP contribution < -0.4 is 43.0 Å². The fourth-order valence-electron chi connectivity index (χ4n) is 20.6. The standard InChI is InChI=1S/C26H31N3O3.C26H35N3O2.C25H32FN3O2.2C22H27FN2O2/c1-26(19-6-4-3-5-7-19)14-21(26)24(30)27-15-20(29(2)16-17-8-9-17)12-18-10-11-22-23(13-18)32-25(31)28-22;1-17-12-19(24(30)27-4)13-18(2)22(17)14-21(29(5)6)16-28-25(31)23-15-26(23,3)20-10-8-7-9-11-20;1-5-27-23(30)20-12-11-17(14-22(20)26)13-19(29(3)4)16-28-24(31)21-15-25(21,2)18-9-7-6-8-10-18;1-22(16-7-5-4-6-8-16)13-19(22)21(27)24-14-17(25(2)3)11-15-9-10-18(26)12-20(15)23;1-22(16-7-5-4-6-8-16)13-18(22)21(27)24-14-17(25(2)3)11-15-9-10-20(26)19(23)12-15/h3-7,10-11,13,17,20-21H,8-9,12,14-16H2,1-2H3,(H,27,30)(H,28,31);7-13,21,23H,14-16H2,1-6H3,(H,27,30)(H,28,31);6-12,14,19,21H,5,13,15-16H2,1-4H3,(H,27,30)(H,28,31);4-10,12,17,19,26H,11,13-14H2,1-3H3,(H,24,27);4-10,12,17-18,26H,11,13-14H2,1-3H3,(H,24,27)/t20-,21-,26+;21-,23-,26+;19-,21-,25+;17-,19-,22+;17-,18-,22+/m00000/s1. The monoisotopic (exact) mass is 2020 g/mol. The van der Waals surface area contributed by atoms with Gasteiger partial charge < -0.3 is 76.3 Å². The molecule has 27 heteroatoms. The molecule has 6 aliphatic rings. The van der Waals surface area contributed by atoms with Crippen molar-refractivity contribution in [1.29, 1.82) is 0 Å². The molecule has 788 valence electrons. The van der Waals surface area contributed by atoms with Gasteiger partial charge in [0, 0.05) is 151 Å². The van der Waals surface area contributed by atoms with Crippen molar-refractivity contribution in [2.75, 3.05) is 116 Å². The number of rotatable bonds is 40. The number of oxazole rings is 1.